The molecule has 174 valence electrons. The first kappa shape index (κ1) is 22.4. The molecule has 7 nitrogen and oxygen atoms in total. The molecule has 2 aromatic carbocycles. The van der Waals surface area contributed by atoms with E-state index in [2.05, 4.69) is 4.98 Å². The third kappa shape index (κ3) is 4.52. The molecule has 2 aliphatic rings. The van der Waals surface area contributed by atoms with Gasteiger partial charge in [0.05, 0.1) is 21.8 Å². The third-order valence-corrected chi connectivity index (χ3v) is 8.84. The van der Waals surface area contributed by atoms with E-state index in [1.54, 1.807) is 12.1 Å². The van der Waals surface area contributed by atoms with Crippen LogP contribution in [0.25, 0.3) is 11.0 Å². The Labute approximate surface area is 198 Å². The van der Waals surface area contributed by atoms with Gasteiger partial charge in [-0.2, -0.15) is 4.31 Å². The maximum atomic E-state index is 13.4. The maximum absolute atomic E-state index is 13.4. The Bertz CT molecular complexity index is 1230. The number of hydrogen-bond donors (Lipinski definition) is 1. The van der Waals surface area contributed by atoms with Crippen molar-refractivity contribution in [2.75, 3.05) is 26.2 Å². The van der Waals surface area contributed by atoms with Gasteiger partial charge >= 0.3 is 0 Å². The molecule has 2 unspecified atom stereocenters. The molecule has 2 saturated heterocycles. The summed E-state index contributed by atoms with van der Waals surface area (Å²) in [5, 5.41) is 0.491. The van der Waals surface area contributed by atoms with Gasteiger partial charge in [-0.05, 0) is 62.1 Å². The second kappa shape index (κ2) is 9.08. The van der Waals surface area contributed by atoms with Gasteiger partial charge in [-0.1, -0.05) is 23.7 Å². The molecule has 33 heavy (non-hydrogen) atoms. The maximum Gasteiger partial charge on any atom is 0.243 e. The summed E-state index contributed by atoms with van der Waals surface area (Å²) < 4.78 is 27.7. The van der Waals surface area contributed by atoms with Crippen LogP contribution in [0, 0.1) is 5.92 Å². The van der Waals surface area contributed by atoms with Crippen molar-refractivity contribution in [1.29, 1.82) is 0 Å². The number of nitrogens with one attached hydrogen (secondary N) is 1. The first-order valence-corrected chi connectivity index (χ1v) is 13.2. The Morgan fingerprint density at radius 2 is 1.76 bits per heavy atom. The molecular weight excluding hydrogens is 460 g/mol. The molecular formula is C24H27ClN4O3S. The van der Waals surface area contributed by atoms with Crippen molar-refractivity contribution in [2.24, 2.45) is 5.92 Å². The monoisotopic (exact) mass is 486 g/mol. The standard InChI is InChI=1S/C24H27ClN4O3S/c25-19-9-11-20(12-10-19)33(31,32)29-14-4-6-18(16-29)24(30)28-13-3-5-17(15-28)23-26-21-7-1-2-8-22(21)27-23/h1-2,7-12,17-18H,3-6,13-16H2,(H,26,27). The van der Waals surface area contributed by atoms with Crippen LogP contribution in [0.4, 0.5) is 0 Å². The molecule has 0 spiro atoms. The number of aromatic amines is 1. The second-order valence-corrected chi connectivity index (χ2v) is 11.3. The number of sulfonamides is 1. The molecule has 1 N–H and O–H groups in total. The molecule has 3 heterocycles. The number of piperidine rings is 2. The summed E-state index contributed by atoms with van der Waals surface area (Å²) in [7, 11) is -3.66. The van der Waals surface area contributed by atoms with Gasteiger partial charge < -0.3 is 9.88 Å². The number of para-hydroxylation sites is 2. The van der Waals surface area contributed by atoms with Crippen LogP contribution < -0.4 is 0 Å². The molecule has 0 saturated carbocycles. The zero-order valence-electron chi connectivity index (χ0n) is 18.3. The highest BCUT2D eigenvalue weighted by Crippen LogP contribution is 2.30. The molecule has 2 aliphatic heterocycles. The summed E-state index contributed by atoms with van der Waals surface area (Å²) in [6.45, 7) is 1.96. The zero-order chi connectivity index (χ0) is 23.0. The van der Waals surface area contributed by atoms with Gasteiger partial charge in [-0.15, -0.1) is 0 Å². The second-order valence-electron chi connectivity index (χ2n) is 8.92. The Balaban J connectivity index is 1.29. The molecule has 0 aliphatic carbocycles. The average molecular weight is 487 g/mol. The number of hydrogen-bond acceptors (Lipinski definition) is 4. The summed E-state index contributed by atoms with van der Waals surface area (Å²) in [5.41, 5.74) is 1.94. The number of aromatic nitrogens is 2. The predicted octanol–water partition coefficient (Wildman–Crippen LogP) is 4.02. The van der Waals surface area contributed by atoms with Gasteiger partial charge in [0.2, 0.25) is 15.9 Å². The van der Waals surface area contributed by atoms with E-state index in [1.165, 1.54) is 16.4 Å². The normalized spacial score (nSPS) is 22.5. The van der Waals surface area contributed by atoms with E-state index in [4.69, 9.17) is 16.6 Å². The number of H-pyrrole nitrogens is 1. The van der Waals surface area contributed by atoms with Crippen LogP contribution in [0.15, 0.2) is 53.4 Å². The van der Waals surface area contributed by atoms with Gasteiger partial charge in [0.25, 0.3) is 0 Å². The fourth-order valence-corrected chi connectivity index (χ4v) is 6.59. The minimum Gasteiger partial charge on any atom is -0.342 e. The highest BCUT2D eigenvalue weighted by molar-refractivity contribution is 7.89. The Morgan fingerprint density at radius 3 is 2.55 bits per heavy atom. The molecule has 1 amide bonds. The molecule has 5 rings (SSSR count). The third-order valence-electron chi connectivity index (χ3n) is 6.71. The lowest BCUT2D eigenvalue weighted by atomic mass is 9.93. The lowest BCUT2D eigenvalue weighted by Gasteiger charge is -2.37. The topological polar surface area (TPSA) is 86.4 Å². The van der Waals surface area contributed by atoms with Crippen molar-refractivity contribution in [3.63, 3.8) is 0 Å². The minimum atomic E-state index is -3.66. The fourth-order valence-electron chi connectivity index (χ4n) is 4.94. The number of halogens is 1. The molecule has 1 aromatic heterocycles. The first-order chi connectivity index (χ1) is 15.9. The highest BCUT2D eigenvalue weighted by Gasteiger charge is 2.36. The van der Waals surface area contributed by atoms with Gasteiger partial charge in [0.15, 0.2) is 0 Å². The predicted molar refractivity (Wildman–Crippen MR) is 128 cm³/mol. The number of amides is 1. The van der Waals surface area contributed by atoms with Crippen LogP contribution in [0.5, 0.6) is 0 Å². The molecule has 2 fully saturated rings. The van der Waals surface area contributed by atoms with Crippen LogP contribution in [-0.2, 0) is 14.8 Å². The minimum absolute atomic E-state index is 0.0480. The highest BCUT2D eigenvalue weighted by atomic mass is 35.5. The number of carbonyl (C=O) groups excluding carboxylic acids is 1. The van der Waals surface area contributed by atoms with Gasteiger partial charge in [0.1, 0.15) is 5.82 Å². The van der Waals surface area contributed by atoms with Crippen LogP contribution in [0.2, 0.25) is 5.02 Å². The number of imidazole rings is 1. The fraction of sp³-hybridized carbons (Fsp3) is 0.417. The van der Waals surface area contributed by atoms with Crippen molar-refractivity contribution >= 4 is 38.6 Å². The van der Waals surface area contributed by atoms with E-state index in [1.807, 2.05) is 29.2 Å². The number of likely N-dealkylation sites (tertiary alicyclic amines) is 1. The van der Waals surface area contributed by atoms with Crippen molar-refractivity contribution < 1.29 is 13.2 Å². The Morgan fingerprint density at radius 1 is 1.00 bits per heavy atom. The number of nitrogens with zero attached hydrogens (tertiary/aromatic N) is 3. The molecule has 2 atom stereocenters. The van der Waals surface area contributed by atoms with E-state index in [9.17, 15) is 13.2 Å². The SMILES string of the molecule is O=C(C1CCCN(S(=O)(=O)c2ccc(Cl)cc2)C1)N1CCCC(c2nc3ccccc3[nH]2)C1. The van der Waals surface area contributed by atoms with E-state index in [-0.39, 0.29) is 29.2 Å². The number of rotatable bonds is 4. The van der Waals surface area contributed by atoms with Crippen LogP contribution in [-0.4, -0.2) is 59.7 Å². The van der Waals surface area contributed by atoms with Crippen molar-refractivity contribution in [3.8, 4) is 0 Å². The molecule has 0 radical (unpaired) electrons. The van der Waals surface area contributed by atoms with Crippen LogP contribution in [0.1, 0.15) is 37.4 Å². The zero-order valence-corrected chi connectivity index (χ0v) is 19.9. The van der Waals surface area contributed by atoms with E-state index in [0.29, 0.717) is 37.5 Å². The van der Waals surface area contributed by atoms with Gasteiger partial charge in [-0.25, -0.2) is 13.4 Å². The number of carbonyl (C=O) groups is 1. The van der Waals surface area contributed by atoms with E-state index >= 15 is 0 Å². The summed E-state index contributed by atoms with van der Waals surface area (Å²) in [6.07, 6.45) is 3.26. The largest absolute Gasteiger partial charge is 0.342 e. The molecule has 3 aromatic rings. The van der Waals surface area contributed by atoms with Gasteiger partial charge in [-0.3, -0.25) is 4.79 Å². The van der Waals surface area contributed by atoms with Crippen molar-refractivity contribution in [1.82, 2.24) is 19.2 Å². The van der Waals surface area contributed by atoms with Crippen molar-refractivity contribution in [3.05, 3.63) is 59.4 Å². The Kier molecular flexibility index (Phi) is 6.16. The number of benzene rings is 2. The van der Waals surface area contributed by atoms with Crippen LogP contribution >= 0.6 is 11.6 Å². The summed E-state index contributed by atoms with van der Waals surface area (Å²) >= 11 is 5.91. The molecule has 9 heteroatoms. The van der Waals surface area contributed by atoms with E-state index in [0.717, 1.165) is 29.7 Å². The lowest BCUT2D eigenvalue weighted by molar-refractivity contribution is -0.138. The quantitative estimate of drug-likeness (QED) is 0.603. The summed E-state index contributed by atoms with van der Waals surface area (Å²) in [6, 6.07) is 14.1. The smallest absolute Gasteiger partial charge is 0.243 e. The van der Waals surface area contributed by atoms with Crippen LogP contribution in [0.3, 0.4) is 0 Å². The lowest BCUT2D eigenvalue weighted by Crippen LogP contribution is -2.48. The summed E-state index contributed by atoms with van der Waals surface area (Å²) in [5.74, 6) is 0.805. The summed E-state index contributed by atoms with van der Waals surface area (Å²) in [4.78, 5) is 23.7. The number of fused-ring (bicyclic) bond motifs is 1. The average Bonchev–Trinajstić information content (AvgIpc) is 3.28. The van der Waals surface area contributed by atoms with Gasteiger partial charge in [0, 0.05) is 37.1 Å². The molecule has 0 bridgehead atoms. The van der Waals surface area contributed by atoms with E-state index < -0.39 is 10.0 Å². The van der Waals surface area contributed by atoms with Crippen molar-refractivity contribution in [2.45, 2.75) is 36.5 Å². The Hall–Kier alpha value is -2.42. The first-order valence-electron chi connectivity index (χ1n) is 11.4.